The Morgan fingerprint density at radius 2 is 1.74 bits per heavy atom. The molecule has 0 aromatic heterocycles. The predicted octanol–water partition coefficient (Wildman–Crippen LogP) is 4.03. The number of ether oxygens (including phenoxy) is 2. The summed E-state index contributed by atoms with van der Waals surface area (Å²) in [5.41, 5.74) is 1.18. The van der Waals surface area contributed by atoms with Crippen LogP contribution in [0.1, 0.15) is 58.9 Å². The summed E-state index contributed by atoms with van der Waals surface area (Å²) in [7, 11) is 0. The number of hydrogen-bond acceptors (Lipinski definition) is 6. The van der Waals surface area contributed by atoms with Crippen LogP contribution in [0.5, 0.6) is 0 Å². The van der Waals surface area contributed by atoms with Crippen LogP contribution in [0.25, 0.3) is 0 Å². The number of amides is 1. The first-order chi connectivity index (χ1) is 14.7. The molecule has 0 N–H and O–H groups in total. The van der Waals surface area contributed by atoms with Crippen molar-refractivity contribution in [3.05, 3.63) is 35.9 Å². The third-order valence-electron chi connectivity index (χ3n) is 5.73. The van der Waals surface area contributed by atoms with Gasteiger partial charge in [0.15, 0.2) is 5.71 Å². The van der Waals surface area contributed by atoms with Crippen molar-refractivity contribution in [1.82, 2.24) is 4.90 Å². The van der Waals surface area contributed by atoms with Gasteiger partial charge in [0.2, 0.25) is 0 Å². The van der Waals surface area contributed by atoms with E-state index in [9.17, 15) is 14.1 Å². The number of nitrogens with zero attached hydrogens (tertiary/aromatic N) is 2. The number of carbonyl (C=O) groups is 2. The first-order valence-corrected chi connectivity index (χ1v) is 12.0. The number of piperidine rings is 1. The third-order valence-corrected chi connectivity index (χ3v) is 7.14. The van der Waals surface area contributed by atoms with E-state index in [2.05, 4.69) is 4.40 Å². The van der Waals surface area contributed by atoms with Crippen LogP contribution >= 0.6 is 0 Å². The minimum Gasteiger partial charge on any atom is -0.591 e. The summed E-state index contributed by atoms with van der Waals surface area (Å²) in [5.74, 6) is -0.689. The number of hydrogen-bond donors (Lipinski definition) is 0. The Bertz CT molecular complexity index is 794. The van der Waals surface area contributed by atoms with E-state index in [1.807, 2.05) is 56.0 Å². The van der Waals surface area contributed by atoms with Crippen molar-refractivity contribution in [1.29, 1.82) is 0 Å². The maximum atomic E-state index is 12.8. The molecule has 7 nitrogen and oxygen atoms in total. The van der Waals surface area contributed by atoms with E-state index in [1.54, 1.807) is 6.92 Å². The first-order valence-electron chi connectivity index (χ1n) is 10.9. The molecule has 2 heterocycles. The molecule has 2 saturated heterocycles. The minimum absolute atomic E-state index is 0.0188. The van der Waals surface area contributed by atoms with Gasteiger partial charge in [-0.2, -0.15) is 0 Å². The number of carbonyl (C=O) groups excluding carboxylic acids is 2. The van der Waals surface area contributed by atoms with E-state index in [0.29, 0.717) is 12.8 Å². The Morgan fingerprint density at radius 3 is 2.29 bits per heavy atom. The van der Waals surface area contributed by atoms with E-state index in [0.717, 1.165) is 18.4 Å². The highest BCUT2D eigenvalue weighted by molar-refractivity contribution is 7.91. The lowest BCUT2D eigenvalue weighted by Gasteiger charge is -2.38. The fourth-order valence-corrected chi connectivity index (χ4v) is 4.88. The molecule has 3 unspecified atom stereocenters. The topological polar surface area (TPSA) is 91.3 Å². The van der Waals surface area contributed by atoms with Crippen molar-refractivity contribution < 1.29 is 23.6 Å². The summed E-state index contributed by atoms with van der Waals surface area (Å²) in [6.07, 6.45) is 2.59. The van der Waals surface area contributed by atoms with E-state index in [-0.39, 0.29) is 43.0 Å². The van der Waals surface area contributed by atoms with Gasteiger partial charge in [-0.1, -0.05) is 34.7 Å². The summed E-state index contributed by atoms with van der Waals surface area (Å²) in [6.45, 7) is 7.68. The Labute approximate surface area is 187 Å². The van der Waals surface area contributed by atoms with Crippen molar-refractivity contribution in [2.45, 2.75) is 76.8 Å². The second kappa shape index (κ2) is 10.0. The Hall–Kier alpha value is -2.06. The van der Waals surface area contributed by atoms with E-state index < -0.39 is 22.1 Å². The molecule has 170 valence electrons. The standard InChI is InChI=1S/C23H32N2O5S/c1-5-29-21(26)20(24-31(28)23(2,3)4)17-13-18-11-12-19(14-17)25(18)22(27)30-15-16-9-7-6-8-10-16/h6-10,17-19H,5,11-15H2,1-4H3/b24-20-. The van der Waals surface area contributed by atoms with Gasteiger partial charge in [0, 0.05) is 18.0 Å². The van der Waals surface area contributed by atoms with E-state index >= 15 is 0 Å². The monoisotopic (exact) mass is 448 g/mol. The lowest BCUT2D eigenvalue weighted by Crippen LogP contribution is -2.49. The van der Waals surface area contributed by atoms with Gasteiger partial charge in [-0.05, 0) is 58.9 Å². The molecule has 0 saturated carbocycles. The maximum Gasteiger partial charge on any atom is 0.410 e. The van der Waals surface area contributed by atoms with Crippen molar-refractivity contribution >= 4 is 29.1 Å². The number of rotatable bonds is 6. The van der Waals surface area contributed by atoms with Gasteiger partial charge in [0.1, 0.15) is 22.7 Å². The molecule has 2 bridgehead atoms. The number of fused-ring (bicyclic) bond motifs is 2. The summed E-state index contributed by atoms with van der Waals surface area (Å²) >= 11 is -1.56. The second-order valence-corrected chi connectivity index (χ2v) is 11.0. The van der Waals surface area contributed by atoms with Crippen LogP contribution in [0.4, 0.5) is 4.79 Å². The zero-order valence-electron chi connectivity index (χ0n) is 18.7. The first kappa shape index (κ1) is 23.6. The normalized spacial score (nSPS) is 24.6. The molecule has 1 aromatic rings. The van der Waals surface area contributed by atoms with Gasteiger partial charge >= 0.3 is 12.1 Å². The fourth-order valence-electron chi connectivity index (χ4n) is 4.20. The van der Waals surface area contributed by atoms with Gasteiger partial charge in [0.25, 0.3) is 0 Å². The average Bonchev–Trinajstić information content (AvgIpc) is 3.00. The highest BCUT2D eigenvalue weighted by atomic mass is 32.2. The van der Waals surface area contributed by atoms with Gasteiger partial charge in [-0.25, -0.2) is 9.59 Å². The SMILES string of the molecule is CCOC(=O)/C(=N\[S+]([O-])C(C)(C)C)C1CC2CCC(C1)N2C(=O)OCc1ccccc1. The van der Waals surface area contributed by atoms with Crippen LogP contribution < -0.4 is 0 Å². The van der Waals surface area contributed by atoms with Crippen molar-refractivity contribution in [3.63, 3.8) is 0 Å². The molecule has 8 heteroatoms. The molecular weight excluding hydrogens is 416 g/mol. The Kier molecular flexibility index (Phi) is 7.64. The lowest BCUT2D eigenvalue weighted by atomic mass is 9.87. The van der Waals surface area contributed by atoms with Crippen LogP contribution in [-0.4, -0.2) is 50.7 Å². The summed E-state index contributed by atoms with van der Waals surface area (Å²) in [4.78, 5) is 27.2. The molecule has 2 aliphatic heterocycles. The Morgan fingerprint density at radius 1 is 1.13 bits per heavy atom. The quantitative estimate of drug-likeness (QED) is 0.372. The van der Waals surface area contributed by atoms with Crippen LogP contribution in [0.3, 0.4) is 0 Å². The zero-order valence-corrected chi connectivity index (χ0v) is 19.5. The van der Waals surface area contributed by atoms with Gasteiger partial charge < -0.3 is 18.9 Å². The zero-order chi connectivity index (χ0) is 22.6. The average molecular weight is 449 g/mol. The number of esters is 1. The second-order valence-electron chi connectivity index (χ2n) is 9.06. The molecule has 1 aromatic carbocycles. The van der Waals surface area contributed by atoms with Gasteiger partial charge in [-0.3, -0.25) is 0 Å². The van der Waals surface area contributed by atoms with E-state index in [1.165, 1.54) is 0 Å². The lowest BCUT2D eigenvalue weighted by molar-refractivity contribution is -0.135. The third kappa shape index (κ3) is 5.80. The van der Waals surface area contributed by atoms with Gasteiger partial charge in [-0.15, -0.1) is 0 Å². The molecule has 2 fully saturated rings. The van der Waals surface area contributed by atoms with Crippen molar-refractivity contribution in [2.24, 2.45) is 10.3 Å². The molecule has 0 spiro atoms. The Balaban J connectivity index is 1.71. The smallest absolute Gasteiger partial charge is 0.410 e. The molecule has 0 aliphatic carbocycles. The molecule has 1 amide bonds. The molecular formula is C23H32N2O5S. The highest BCUT2D eigenvalue weighted by Gasteiger charge is 2.47. The summed E-state index contributed by atoms with van der Waals surface area (Å²) in [6, 6.07) is 9.55. The molecule has 3 rings (SSSR count). The van der Waals surface area contributed by atoms with Gasteiger partial charge in [0.05, 0.1) is 6.61 Å². The van der Waals surface area contributed by atoms with Crippen LogP contribution in [0.15, 0.2) is 34.7 Å². The highest BCUT2D eigenvalue weighted by Crippen LogP contribution is 2.40. The molecule has 0 radical (unpaired) electrons. The maximum absolute atomic E-state index is 12.8. The van der Waals surface area contributed by atoms with Crippen LogP contribution in [-0.2, 0) is 32.2 Å². The molecule has 3 atom stereocenters. The van der Waals surface area contributed by atoms with E-state index in [4.69, 9.17) is 9.47 Å². The van der Waals surface area contributed by atoms with Crippen LogP contribution in [0.2, 0.25) is 0 Å². The predicted molar refractivity (Wildman–Crippen MR) is 120 cm³/mol. The minimum atomic E-state index is -1.56. The largest absolute Gasteiger partial charge is 0.591 e. The fraction of sp³-hybridized carbons (Fsp3) is 0.609. The van der Waals surface area contributed by atoms with Crippen molar-refractivity contribution in [3.8, 4) is 0 Å². The van der Waals surface area contributed by atoms with Crippen molar-refractivity contribution in [2.75, 3.05) is 6.61 Å². The summed E-state index contributed by atoms with van der Waals surface area (Å²) in [5, 5.41) is 0. The molecule has 2 aliphatic rings. The molecule has 31 heavy (non-hydrogen) atoms. The number of benzene rings is 1. The summed E-state index contributed by atoms with van der Waals surface area (Å²) < 4.78 is 27.1. The van der Waals surface area contributed by atoms with Crippen LogP contribution in [0, 0.1) is 5.92 Å².